The molecule has 2 amide bonds. The predicted octanol–water partition coefficient (Wildman–Crippen LogP) is 6.11. The molecule has 158 valence electrons. The highest BCUT2D eigenvalue weighted by atomic mass is 16.2. The lowest BCUT2D eigenvalue weighted by Crippen LogP contribution is -2.45. The quantitative estimate of drug-likeness (QED) is 0.543. The summed E-state index contributed by atoms with van der Waals surface area (Å²) in [5.74, 6) is 0. The highest BCUT2D eigenvalue weighted by Gasteiger charge is 2.34. The molecule has 0 aliphatic carbocycles. The van der Waals surface area contributed by atoms with Crippen LogP contribution in [0.2, 0.25) is 0 Å². The number of nitrogens with one attached hydrogen (secondary N) is 2. The zero-order valence-corrected chi connectivity index (χ0v) is 18.2. The zero-order chi connectivity index (χ0) is 21.8. The number of hydrogen-bond acceptors (Lipinski definition) is 3. The number of carbonyl (C=O) groups excluding carboxylic acids is 1. The van der Waals surface area contributed by atoms with E-state index in [0.717, 1.165) is 28.2 Å². The molecular weight excluding hydrogens is 384 g/mol. The summed E-state index contributed by atoms with van der Waals surface area (Å²) in [5.41, 5.74) is 4.95. The third-order valence-electron chi connectivity index (χ3n) is 5.32. The molecule has 2 N–H and O–H groups in total. The number of amides is 2. The Labute approximate surface area is 183 Å². The number of nitrogens with zero attached hydrogens (tertiary/aromatic N) is 2. The zero-order valence-electron chi connectivity index (χ0n) is 18.2. The summed E-state index contributed by atoms with van der Waals surface area (Å²) < 4.78 is 0. The lowest BCUT2D eigenvalue weighted by Gasteiger charge is -2.25. The van der Waals surface area contributed by atoms with Crippen molar-refractivity contribution in [2.75, 3.05) is 10.3 Å². The van der Waals surface area contributed by atoms with Gasteiger partial charge < -0.3 is 10.6 Å². The fourth-order valence-corrected chi connectivity index (χ4v) is 3.61. The Morgan fingerprint density at radius 2 is 1.55 bits per heavy atom. The second-order valence-corrected chi connectivity index (χ2v) is 8.74. The maximum atomic E-state index is 12.7. The molecule has 0 fully saturated rings. The van der Waals surface area contributed by atoms with Gasteiger partial charge in [0.25, 0.3) is 0 Å². The van der Waals surface area contributed by atoms with Gasteiger partial charge >= 0.3 is 6.03 Å². The van der Waals surface area contributed by atoms with Crippen LogP contribution >= 0.6 is 0 Å². The SMILES string of the molecule is CC(C)(C)C1=NN(c2cccc(-c3ccccc3)c2)C(NC(=O)Nc2ccccc2)C1. The lowest BCUT2D eigenvalue weighted by molar-refractivity contribution is 0.248. The molecule has 0 spiro atoms. The second kappa shape index (κ2) is 8.64. The molecule has 4 rings (SSSR count). The number of benzene rings is 3. The Morgan fingerprint density at radius 3 is 2.23 bits per heavy atom. The van der Waals surface area contributed by atoms with E-state index in [1.807, 2.05) is 65.7 Å². The van der Waals surface area contributed by atoms with E-state index in [0.29, 0.717) is 6.42 Å². The maximum absolute atomic E-state index is 12.7. The van der Waals surface area contributed by atoms with Crippen molar-refractivity contribution >= 4 is 23.1 Å². The summed E-state index contributed by atoms with van der Waals surface area (Å²) in [6.45, 7) is 6.45. The third kappa shape index (κ3) is 4.94. The van der Waals surface area contributed by atoms with E-state index in [9.17, 15) is 4.79 Å². The monoisotopic (exact) mass is 412 g/mol. The largest absolute Gasteiger partial charge is 0.320 e. The summed E-state index contributed by atoms with van der Waals surface area (Å²) in [6, 6.07) is 27.7. The minimum Gasteiger partial charge on any atom is -0.315 e. The minimum atomic E-state index is -0.260. The highest BCUT2D eigenvalue weighted by molar-refractivity contribution is 5.95. The van der Waals surface area contributed by atoms with Crippen molar-refractivity contribution in [2.45, 2.75) is 33.4 Å². The molecule has 31 heavy (non-hydrogen) atoms. The topological polar surface area (TPSA) is 56.7 Å². The van der Waals surface area contributed by atoms with Crippen LogP contribution < -0.4 is 15.6 Å². The molecule has 1 atom stereocenters. The van der Waals surface area contributed by atoms with Gasteiger partial charge in [0.15, 0.2) is 0 Å². The van der Waals surface area contributed by atoms with Crippen molar-refractivity contribution < 1.29 is 4.79 Å². The molecule has 1 aliphatic heterocycles. The van der Waals surface area contributed by atoms with Crippen LogP contribution in [0, 0.1) is 5.41 Å². The summed E-state index contributed by atoms with van der Waals surface area (Å²) in [7, 11) is 0. The molecule has 5 nitrogen and oxygen atoms in total. The molecule has 0 bridgehead atoms. The van der Waals surface area contributed by atoms with Gasteiger partial charge in [0.2, 0.25) is 0 Å². The van der Waals surface area contributed by atoms with Crippen molar-refractivity contribution in [3.05, 3.63) is 84.9 Å². The van der Waals surface area contributed by atoms with Crippen LogP contribution in [-0.4, -0.2) is 17.9 Å². The molecule has 0 aromatic heterocycles. The number of urea groups is 1. The van der Waals surface area contributed by atoms with Crippen molar-refractivity contribution in [2.24, 2.45) is 10.5 Å². The van der Waals surface area contributed by atoms with E-state index in [1.54, 1.807) is 0 Å². The Kier molecular flexibility index (Phi) is 5.76. The van der Waals surface area contributed by atoms with Gasteiger partial charge in [-0.15, -0.1) is 0 Å². The molecule has 3 aromatic rings. The van der Waals surface area contributed by atoms with E-state index < -0.39 is 0 Å². The number of anilines is 2. The van der Waals surface area contributed by atoms with Gasteiger partial charge in [-0.2, -0.15) is 5.10 Å². The van der Waals surface area contributed by atoms with Crippen molar-refractivity contribution in [1.29, 1.82) is 0 Å². The van der Waals surface area contributed by atoms with E-state index in [4.69, 9.17) is 5.10 Å². The number of hydrazone groups is 1. The molecule has 0 saturated heterocycles. The van der Waals surface area contributed by atoms with Gasteiger partial charge in [0.1, 0.15) is 6.17 Å². The normalized spacial score (nSPS) is 16.0. The summed E-state index contributed by atoms with van der Waals surface area (Å²) in [5, 5.41) is 12.8. The molecule has 0 saturated carbocycles. The highest BCUT2D eigenvalue weighted by Crippen LogP contribution is 2.32. The van der Waals surface area contributed by atoms with Crippen LogP contribution in [-0.2, 0) is 0 Å². The van der Waals surface area contributed by atoms with Crippen molar-refractivity contribution in [3.8, 4) is 11.1 Å². The molecule has 1 unspecified atom stereocenters. The Balaban J connectivity index is 1.59. The van der Waals surface area contributed by atoms with Gasteiger partial charge in [-0.25, -0.2) is 9.80 Å². The van der Waals surface area contributed by atoms with Crippen LogP contribution in [0.1, 0.15) is 27.2 Å². The third-order valence-corrected chi connectivity index (χ3v) is 5.32. The number of para-hydroxylation sites is 1. The Bertz CT molecular complexity index is 1070. The first-order chi connectivity index (χ1) is 14.9. The van der Waals surface area contributed by atoms with Crippen molar-refractivity contribution in [1.82, 2.24) is 5.32 Å². The van der Waals surface area contributed by atoms with Crippen LogP contribution in [0.5, 0.6) is 0 Å². The predicted molar refractivity (Wildman–Crippen MR) is 128 cm³/mol. The van der Waals surface area contributed by atoms with E-state index >= 15 is 0 Å². The van der Waals surface area contributed by atoms with Gasteiger partial charge in [0.05, 0.1) is 5.69 Å². The Hall–Kier alpha value is -3.60. The minimum absolute atomic E-state index is 0.0817. The fourth-order valence-electron chi connectivity index (χ4n) is 3.61. The fraction of sp³-hybridized carbons (Fsp3) is 0.231. The standard InChI is InChI=1S/C26H28N4O/c1-26(2,3)23-18-24(28-25(31)27-21-14-8-5-9-15-21)30(29-23)22-16-10-13-20(17-22)19-11-6-4-7-12-19/h4-17,24H,18H2,1-3H3,(H2,27,28,31). The molecule has 1 heterocycles. The summed E-state index contributed by atoms with van der Waals surface area (Å²) >= 11 is 0. The van der Waals surface area contributed by atoms with Gasteiger partial charge in [0, 0.05) is 23.2 Å². The lowest BCUT2D eigenvalue weighted by atomic mass is 9.88. The van der Waals surface area contributed by atoms with E-state index in [1.165, 1.54) is 0 Å². The van der Waals surface area contributed by atoms with E-state index in [2.05, 4.69) is 55.7 Å². The van der Waals surface area contributed by atoms with Crippen LogP contribution in [0.4, 0.5) is 16.2 Å². The molecule has 1 aliphatic rings. The first-order valence-electron chi connectivity index (χ1n) is 10.6. The maximum Gasteiger partial charge on any atom is 0.320 e. The van der Waals surface area contributed by atoms with Gasteiger partial charge in [-0.05, 0) is 35.4 Å². The van der Waals surface area contributed by atoms with Crippen LogP contribution in [0.25, 0.3) is 11.1 Å². The van der Waals surface area contributed by atoms with Crippen LogP contribution in [0.3, 0.4) is 0 Å². The number of hydrogen-bond donors (Lipinski definition) is 2. The molecule has 5 heteroatoms. The summed E-state index contributed by atoms with van der Waals surface area (Å²) in [6.07, 6.45) is 0.408. The smallest absolute Gasteiger partial charge is 0.315 e. The van der Waals surface area contributed by atoms with Gasteiger partial charge in [-0.1, -0.05) is 81.4 Å². The van der Waals surface area contributed by atoms with E-state index in [-0.39, 0.29) is 17.6 Å². The number of carbonyl (C=O) groups is 1. The molecule has 0 radical (unpaired) electrons. The molecular formula is C26H28N4O. The second-order valence-electron chi connectivity index (χ2n) is 8.74. The van der Waals surface area contributed by atoms with Crippen molar-refractivity contribution in [3.63, 3.8) is 0 Å². The average molecular weight is 413 g/mol. The molecule has 3 aromatic carbocycles. The number of rotatable bonds is 4. The summed E-state index contributed by atoms with van der Waals surface area (Å²) in [4.78, 5) is 12.7. The Morgan fingerprint density at radius 1 is 0.903 bits per heavy atom. The van der Waals surface area contributed by atoms with Gasteiger partial charge in [-0.3, -0.25) is 0 Å². The first-order valence-corrected chi connectivity index (χ1v) is 10.6. The first kappa shape index (κ1) is 20.7. The average Bonchev–Trinajstić information content (AvgIpc) is 3.19. The van der Waals surface area contributed by atoms with Crippen LogP contribution in [0.15, 0.2) is 90.0 Å².